The molecule has 12 nitrogen and oxygen atoms in total. The molecule has 3 aliphatic rings. The second-order valence-electron chi connectivity index (χ2n) is 12.7. The summed E-state index contributed by atoms with van der Waals surface area (Å²) in [5, 5.41) is 39.8. The molecule has 0 spiro atoms. The summed E-state index contributed by atoms with van der Waals surface area (Å²) >= 11 is 0. The number of nitrogens with one attached hydrogen (secondary N) is 2. The molecule has 1 fully saturated rings. The molecule has 0 aromatic heterocycles. The molecule has 0 unspecified atom stereocenters. The Morgan fingerprint density at radius 3 is 2.67 bits per heavy atom. The van der Waals surface area contributed by atoms with Gasteiger partial charge in [0.2, 0.25) is 11.8 Å². The number of nitro groups is 1. The van der Waals surface area contributed by atoms with Gasteiger partial charge in [-0.2, -0.15) is 0 Å². The van der Waals surface area contributed by atoms with E-state index in [9.17, 15) is 34.7 Å². The number of fused-ring (bicyclic) bond motifs is 2. The fourth-order valence-electron chi connectivity index (χ4n) is 6.95. The summed E-state index contributed by atoms with van der Waals surface area (Å²) in [5.41, 5.74) is 1.42. The molecule has 250 valence electrons. The zero-order chi connectivity index (χ0) is 34.0. The van der Waals surface area contributed by atoms with Crippen molar-refractivity contribution < 1.29 is 29.5 Å². The van der Waals surface area contributed by atoms with Crippen LogP contribution in [0.4, 0.5) is 17.1 Å². The Hall–Kier alpha value is -4.91. The molecule has 48 heavy (non-hydrogen) atoms. The highest BCUT2D eigenvalue weighted by atomic mass is 16.6. The van der Waals surface area contributed by atoms with Crippen molar-refractivity contribution in [1.29, 1.82) is 0 Å². The summed E-state index contributed by atoms with van der Waals surface area (Å²) in [5.74, 6) is -1.85. The number of nitrogens with zero attached hydrogens (tertiary/aromatic N) is 3. The molecule has 4 N–H and O–H groups in total. The first-order valence-corrected chi connectivity index (χ1v) is 16.2. The second kappa shape index (κ2) is 13.7. The molecule has 0 radical (unpaired) electrons. The lowest BCUT2D eigenvalue weighted by Crippen LogP contribution is -2.46. The topological polar surface area (TPSA) is 165 Å². The molecule has 12 heteroatoms. The van der Waals surface area contributed by atoms with Gasteiger partial charge in [0.1, 0.15) is 0 Å². The number of rotatable bonds is 10. The Bertz CT molecular complexity index is 1770. The van der Waals surface area contributed by atoms with Crippen LogP contribution in [0.3, 0.4) is 0 Å². The lowest BCUT2D eigenvalue weighted by molar-refractivity contribution is -0.385. The van der Waals surface area contributed by atoms with E-state index < -0.39 is 22.3 Å². The number of aliphatic hydroxyl groups excluding tert-OH is 1. The maximum absolute atomic E-state index is 14.1. The van der Waals surface area contributed by atoms with Gasteiger partial charge < -0.3 is 30.6 Å². The SMILES string of the molecule is C[C@H](/C=C/CC(=O)N1Cc2ccccc2C[C@H]1CO)[C@@]1(O)C(=O)N(Cc2cccc(NC(=O)[C@H]3CCCN3)c2)c2ccc([N+](=O)[O-])cc21. The first-order valence-electron chi connectivity index (χ1n) is 16.2. The molecule has 3 heterocycles. The first kappa shape index (κ1) is 33.0. The zero-order valence-electron chi connectivity index (χ0n) is 26.7. The van der Waals surface area contributed by atoms with Gasteiger partial charge in [0.15, 0.2) is 5.60 Å². The van der Waals surface area contributed by atoms with Gasteiger partial charge in [0, 0.05) is 42.3 Å². The lowest BCUT2D eigenvalue weighted by atomic mass is 9.82. The van der Waals surface area contributed by atoms with E-state index in [1.165, 1.54) is 23.1 Å². The number of carbonyl (C=O) groups excluding carboxylic acids is 3. The van der Waals surface area contributed by atoms with Crippen molar-refractivity contribution in [3.05, 3.63) is 111 Å². The monoisotopic (exact) mass is 653 g/mol. The smallest absolute Gasteiger partial charge is 0.269 e. The van der Waals surface area contributed by atoms with Gasteiger partial charge in [-0.3, -0.25) is 24.5 Å². The fraction of sp³-hybridized carbons (Fsp3) is 0.361. The van der Waals surface area contributed by atoms with Crippen LogP contribution in [0.15, 0.2) is 78.9 Å². The Balaban J connectivity index is 1.21. The first-order chi connectivity index (χ1) is 23.1. The van der Waals surface area contributed by atoms with Crippen LogP contribution in [-0.2, 0) is 39.5 Å². The molecule has 3 amide bonds. The minimum atomic E-state index is -2.14. The average molecular weight is 654 g/mol. The van der Waals surface area contributed by atoms with Gasteiger partial charge in [0.05, 0.1) is 35.8 Å². The zero-order valence-corrected chi connectivity index (χ0v) is 26.7. The van der Waals surface area contributed by atoms with Crippen molar-refractivity contribution in [2.24, 2.45) is 5.92 Å². The number of benzene rings is 3. The minimum Gasteiger partial charge on any atom is -0.394 e. The molecule has 3 aromatic rings. The van der Waals surface area contributed by atoms with Gasteiger partial charge in [-0.15, -0.1) is 0 Å². The van der Waals surface area contributed by atoms with Gasteiger partial charge >= 0.3 is 0 Å². The van der Waals surface area contributed by atoms with E-state index in [2.05, 4.69) is 10.6 Å². The van der Waals surface area contributed by atoms with Crippen molar-refractivity contribution in [3.8, 4) is 0 Å². The number of carbonyl (C=O) groups is 3. The Kier molecular flexibility index (Phi) is 9.40. The van der Waals surface area contributed by atoms with Crippen LogP contribution in [0.2, 0.25) is 0 Å². The van der Waals surface area contributed by atoms with Crippen LogP contribution in [0, 0.1) is 16.0 Å². The molecule has 4 atom stereocenters. The molecule has 0 saturated carbocycles. The molecule has 3 aliphatic heterocycles. The number of aliphatic hydroxyl groups is 2. The molecule has 0 bridgehead atoms. The predicted molar refractivity (Wildman–Crippen MR) is 179 cm³/mol. The predicted octanol–water partition coefficient (Wildman–Crippen LogP) is 3.55. The second-order valence-corrected chi connectivity index (χ2v) is 12.7. The van der Waals surface area contributed by atoms with Crippen molar-refractivity contribution in [2.45, 2.75) is 63.4 Å². The summed E-state index contributed by atoms with van der Waals surface area (Å²) in [7, 11) is 0. The van der Waals surface area contributed by atoms with E-state index in [-0.39, 0.29) is 54.7 Å². The molecular formula is C36H39N5O7. The maximum atomic E-state index is 14.1. The number of anilines is 2. The Morgan fingerprint density at radius 1 is 1.15 bits per heavy atom. The van der Waals surface area contributed by atoms with E-state index in [1.54, 1.807) is 48.2 Å². The minimum absolute atomic E-state index is 0.0202. The van der Waals surface area contributed by atoms with E-state index in [1.807, 2.05) is 24.3 Å². The third-order valence-corrected chi connectivity index (χ3v) is 9.64. The molecular weight excluding hydrogens is 614 g/mol. The quantitative estimate of drug-likeness (QED) is 0.147. The van der Waals surface area contributed by atoms with Crippen LogP contribution in [0.1, 0.15) is 48.4 Å². The van der Waals surface area contributed by atoms with Crippen LogP contribution >= 0.6 is 0 Å². The average Bonchev–Trinajstić information content (AvgIpc) is 3.71. The van der Waals surface area contributed by atoms with E-state index in [4.69, 9.17) is 0 Å². The summed E-state index contributed by atoms with van der Waals surface area (Å²) in [6, 6.07) is 18.3. The van der Waals surface area contributed by atoms with E-state index in [0.29, 0.717) is 29.9 Å². The molecule has 1 saturated heterocycles. The largest absolute Gasteiger partial charge is 0.394 e. The third-order valence-electron chi connectivity index (χ3n) is 9.64. The standard InChI is InChI=1S/C36H39N5O7/c1-23(7-4-13-33(43)39-21-26-10-3-2-9-25(26)18-29(39)22-42)36(46)30-19-28(41(47)48)14-15-32(30)40(35(36)45)20-24-8-5-11-27(17-24)38-34(44)31-12-6-16-37-31/h2-5,7-11,14-15,17,19,23,29,31,37,42,46H,6,12-13,16,18,20-22H2,1H3,(H,38,44)/b7-4+/t23-,29+,31-,36+/m1/s1. The van der Waals surface area contributed by atoms with Crippen molar-refractivity contribution in [1.82, 2.24) is 10.2 Å². The fourth-order valence-corrected chi connectivity index (χ4v) is 6.95. The van der Waals surface area contributed by atoms with Gasteiger partial charge in [-0.25, -0.2) is 0 Å². The Morgan fingerprint density at radius 2 is 1.94 bits per heavy atom. The lowest BCUT2D eigenvalue weighted by Gasteiger charge is -2.36. The van der Waals surface area contributed by atoms with Crippen molar-refractivity contribution in [2.75, 3.05) is 23.4 Å². The number of hydrogen-bond acceptors (Lipinski definition) is 8. The summed E-state index contributed by atoms with van der Waals surface area (Å²) < 4.78 is 0. The van der Waals surface area contributed by atoms with Crippen molar-refractivity contribution >= 4 is 34.8 Å². The van der Waals surface area contributed by atoms with Gasteiger partial charge in [0.25, 0.3) is 11.6 Å². The third kappa shape index (κ3) is 6.34. The number of nitro benzene ring substituents is 1. The Labute approximate surface area is 278 Å². The van der Waals surface area contributed by atoms with E-state index in [0.717, 1.165) is 30.5 Å². The summed E-state index contributed by atoms with van der Waals surface area (Å²) in [6.45, 7) is 2.67. The van der Waals surface area contributed by atoms with Gasteiger partial charge in [-0.1, -0.05) is 55.5 Å². The number of hydrogen-bond donors (Lipinski definition) is 4. The van der Waals surface area contributed by atoms with Crippen molar-refractivity contribution in [3.63, 3.8) is 0 Å². The molecule has 3 aromatic carbocycles. The maximum Gasteiger partial charge on any atom is 0.269 e. The summed E-state index contributed by atoms with van der Waals surface area (Å²) in [6.07, 6.45) is 5.39. The highest BCUT2D eigenvalue weighted by Gasteiger charge is 2.53. The highest BCUT2D eigenvalue weighted by Crippen LogP contribution is 2.47. The molecule has 0 aliphatic carbocycles. The summed E-state index contributed by atoms with van der Waals surface area (Å²) in [4.78, 5) is 54.2. The number of amides is 3. The molecule has 6 rings (SSSR count). The van der Waals surface area contributed by atoms with Gasteiger partial charge in [-0.05, 0) is 60.7 Å². The number of non-ortho nitro benzene ring substituents is 1. The van der Waals surface area contributed by atoms with E-state index >= 15 is 0 Å². The van der Waals surface area contributed by atoms with Crippen LogP contribution in [0.5, 0.6) is 0 Å². The highest BCUT2D eigenvalue weighted by molar-refractivity contribution is 6.07. The normalized spacial score (nSPS) is 22.4. The van der Waals surface area contributed by atoms with Crippen LogP contribution < -0.4 is 15.5 Å². The van der Waals surface area contributed by atoms with Crippen LogP contribution in [-0.4, -0.2) is 63.0 Å². The van der Waals surface area contributed by atoms with Crippen LogP contribution in [0.25, 0.3) is 0 Å².